The molecule has 0 spiro atoms. The van der Waals surface area contributed by atoms with Crippen LogP contribution in [-0.4, -0.2) is 20.1 Å². The van der Waals surface area contributed by atoms with E-state index < -0.39 is 10.0 Å². The molecule has 5 nitrogen and oxygen atoms in total. The highest BCUT2D eigenvalue weighted by molar-refractivity contribution is 7.89. The third kappa shape index (κ3) is 3.61. The van der Waals surface area contributed by atoms with E-state index in [0.29, 0.717) is 12.5 Å². The van der Waals surface area contributed by atoms with Crippen LogP contribution >= 0.6 is 0 Å². The number of nitrogens with one attached hydrogen (secondary N) is 1. The molecule has 18 heavy (non-hydrogen) atoms. The van der Waals surface area contributed by atoms with Gasteiger partial charge in [-0.15, -0.1) is 0 Å². The Labute approximate surface area is 108 Å². The van der Waals surface area contributed by atoms with Crippen LogP contribution in [0.5, 0.6) is 5.75 Å². The number of nitrogens with two attached hydrogens (primary N) is 1. The molecule has 1 aromatic rings. The summed E-state index contributed by atoms with van der Waals surface area (Å²) in [5.74, 6) is 0.524. The van der Waals surface area contributed by atoms with Crippen molar-refractivity contribution in [2.24, 2.45) is 11.8 Å². The van der Waals surface area contributed by atoms with Gasteiger partial charge in [0, 0.05) is 6.54 Å². The average molecular weight is 272 g/mol. The van der Waals surface area contributed by atoms with E-state index in [1.807, 2.05) is 20.8 Å². The topological polar surface area (TPSA) is 92.4 Å². The number of aromatic hydroxyl groups is 1. The molecule has 0 aliphatic carbocycles. The lowest BCUT2D eigenvalue weighted by atomic mass is 9.99. The minimum Gasteiger partial charge on any atom is -0.506 e. The standard InChI is InChI=1S/C12H20N2O3S/c1-8(2)9(3)7-14-18(16,17)10-4-5-12(15)11(13)6-10/h4-6,8-9,14-15H,7,13H2,1-3H3. The van der Waals surface area contributed by atoms with Gasteiger partial charge in [0.15, 0.2) is 0 Å². The molecule has 0 heterocycles. The van der Waals surface area contributed by atoms with Gasteiger partial charge in [0.05, 0.1) is 10.6 Å². The van der Waals surface area contributed by atoms with E-state index in [1.165, 1.54) is 18.2 Å². The maximum absolute atomic E-state index is 12.0. The van der Waals surface area contributed by atoms with Crippen LogP contribution < -0.4 is 10.5 Å². The molecule has 0 fully saturated rings. The Morgan fingerprint density at radius 2 is 1.94 bits per heavy atom. The number of hydrogen-bond acceptors (Lipinski definition) is 4. The van der Waals surface area contributed by atoms with Gasteiger partial charge in [-0.2, -0.15) is 0 Å². The molecule has 0 amide bonds. The first kappa shape index (κ1) is 14.8. The molecule has 0 saturated carbocycles. The van der Waals surface area contributed by atoms with E-state index in [4.69, 9.17) is 5.73 Å². The van der Waals surface area contributed by atoms with Crippen molar-refractivity contribution >= 4 is 15.7 Å². The monoisotopic (exact) mass is 272 g/mol. The van der Waals surface area contributed by atoms with Crippen molar-refractivity contribution in [3.63, 3.8) is 0 Å². The molecular weight excluding hydrogens is 252 g/mol. The van der Waals surface area contributed by atoms with Crippen molar-refractivity contribution in [3.05, 3.63) is 18.2 Å². The molecule has 0 radical (unpaired) electrons. The van der Waals surface area contributed by atoms with Crippen LogP contribution in [0.1, 0.15) is 20.8 Å². The predicted octanol–water partition coefficient (Wildman–Crippen LogP) is 1.54. The number of sulfonamides is 1. The Morgan fingerprint density at radius 3 is 2.44 bits per heavy atom. The van der Waals surface area contributed by atoms with E-state index in [9.17, 15) is 13.5 Å². The van der Waals surface area contributed by atoms with Crippen molar-refractivity contribution in [3.8, 4) is 5.75 Å². The summed E-state index contributed by atoms with van der Waals surface area (Å²) < 4.78 is 26.5. The average Bonchev–Trinajstić information content (AvgIpc) is 2.29. The number of rotatable bonds is 5. The van der Waals surface area contributed by atoms with Gasteiger partial charge in [0.25, 0.3) is 0 Å². The quantitative estimate of drug-likeness (QED) is 0.560. The summed E-state index contributed by atoms with van der Waals surface area (Å²) in [7, 11) is -3.57. The summed E-state index contributed by atoms with van der Waals surface area (Å²) in [5.41, 5.74) is 5.53. The third-order valence-electron chi connectivity index (χ3n) is 3.04. The SMILES string of the molecule is CC(C)C(C)CNS(=O)(=O)c1ccc(O)c(N)c1. The number of hydrogen-bond donors (Lipinski definition) is 3. The summed E-state index contributed by atoms with van der Waals surface area (Å²) in [4.78, 5) is 0.0637. The minimum atomic E-state index is -3.57. The number of anilines is 1. The van der Waals surface area contributed by atoms with E-state index in [1.54, 1.807) is 0 Å². The van der Waals surface area contributed by atoms with Crippen LogP contribution in [0.3, 0.4) is 0 Å². The van der Waals surface area contributed by atoms with E-state index in [0.717, 1.165) is 0 Å². The Hall–Kier alpha value is -1.27. The third-order valence-corrected chi connectivity index (χ3v) is 4.46. The Bertz CT molecular complexity index is 512. The maximum Gasteiger partial charge on any atom is 0.240 e. The second kappa shape index (κ2) is 5.58. The van der Waals surface area contributed by atoms with E-state index >= 15 is 0 Å². The smallest absolute Gasteiger partial charge is 0.240 e. The van der Waals surface area contributed by atoms with Crippen LogP contribution in [0.4, 0.5) is 5.69 Å². The van der Waals surface area contributed by atoms with Gasteiger partial charge < -0.3 is 10.8 Å². The van der Waals surface area contributed by atoms with Crippen molar-refractivity contribution in [2.45, 2.75) is 25.7 Å². The summed E-state index contributed by atoms with van der Waals surface area (Å²) in [6.45, 7) is 6.44. The number of phenols is 1. The van der Waals surface area contributed by atoms with Crippen molar-refractivity contribution in [1.29, 1.82) is 0 Å². The zero-order chi connectivity index (χ0) is 13.9. The summed E-state index contributed by atoms with van der Waals surface area (Å²) >= 11 is 0. The summed E-state index contributed by atoms with van der Waals surface area (Å²) in [6.07, 6.45) is 0. The molecule has 1 atom stereocenters. The fourth-order valence-corrected chi connectivity index (χ4v) is 2.44. The molecule has 0 bridgehead atoms. The van der Waals surface area contributed by atoms with Crippen molar-refractivity contribution in [1.82, 2.24) is 4.72 Å². The van der Waals surface area contributed by atoms with Gasteiger partial charge in [-0.25, -0.2) is 13.1 Å². The molecule has 4 N–H and O–H groups in total. The summed E-state index contributed by atoms with van der Waals surface area (Å²) in [6, 6.07) is 3.85. The molecule has 1 aromatic carbocycles. The van der Waals surface area contributed by atoms with Gasteiger partial charge in [0.2, 0.25) is 10.0 Å². The normalized spacial score (nSPS) is 13.8. The number of nitrogen functional groups attached to an aromatic ring is 1. The zero-order valence-corrected chi connectivity index (χ0v) is 11.7. The van der Waals surface area contributed by atoms with Crippen LogP contribution in [-0.2, 0) is 10.0 Å². The first-order chi connectivity index (χ1) is 8.24. The molecule has 6 heteroatoms. The number of phenolic OH excluding ortho intramolecular Hbond substituents is 1. The molecule has 1 rings (SSSR count). The minimum absolute atomic E-state index is 0.0507. The van der Waals surface area contributed by atoms with Crippen LogP contribution in [0.15, 0.2) is 23.1 Å². The van der Waals surface area contributed by atoms with Gasteiger partial charge >= 0.3 is 0 Å². The van der Waals surface area contributed by atoms with E-state index in [-0.39, 0.29) is 22.3 Å². The Morgan fingerprint density at radius 1 is 1.33 bits per heavy atom. The second-order valence-electron chi connectivity index (χ2n) is 4.79. The van der Waals surface area contributed by atoms with Gasteiger partial charge in [-0.1, -0.05) is 20.8 Å². The van der Waals surface area contributed by atoms with Gasteiger partial charge in [0.1, 0.15) is 5.75 Å². The molecular formula is C12H20N2O3S. The van der Waals surface area contributed by atoms with Gasteiger partial charge in [-0.3, -0.25) is 0 Å². The molecule has 102 valence electrons. The maximum atomic E-state index is 12.0. The van der Waals surface area contributed by atoms with Crippen LogP contribution in [0.2, 0.25) is 0 Å². The van der Waals surface area contributed by atoms with Crippen LogP contribution in [0, 0.1) is 11.8 Å². The fraction of sp³-hybridized carbons (Fsp3) is 0.500. The second-order valence-corrected chi connectivity index (χ2v) is 6.56. The van der Waals surface area contributed by atoms with Gasteiger partial charge in [-0.05, 0) is 30.0 Å². The van der Waals surface area contributed by atoms with Crippen molar-refractivity contribution in [2.75, 3.05) is 12.3 Å². The first-order valence-corrected chi connectivity index (χ1v) is 7.30. The molecule has 0 aromatic heterocycles. The highest BCUT2D eigenvalue weighted by Crippen LogP contribution is 2.23. The van der Waals surface area contributed by atoms with Crippen LogP contribution in [0.25, 0.3) is 0 Å². The van der Waals surface area contributed by atoms with Crippen molar-refractivity contribution < 1.29 is 13.5 Å². The number of benzene rings is 1. The largest absolute Gasteiger partial charge is 0.506 e. The molecule has 0 aliphatic heterocycles. The highest BCUT2D eigenvalue weighted by Gasteiger charge is 2.17. The predicted molar refractivity (Wildman–Crippen MR) is 71.7 cm³/mol. The lowest BCUT2D eigenvalue weighted by Crippen LogP contribution is -2.30. The first-order valence-electron chi connectivity index (χ1n) is 5.82. The Kier molecular flexibility index (Phi) is 4.59. The molecule has 1 unspecified atom stereocenters. The molecule has 0 aliphatic rings. The highest BCUT2D eigenvalue weighted by atomic mass is 32.2. The fourth-order valence-electron chi connectivity index (χ4n) is 1.26. The lowest BCUT2D eigenvalue weighted by molar-refractivity contribution is 0.414. The Balaban J connectivity index is 2.83. The lowest BCUT2D eigenvalue weighted by Gasteiger charge is -2.16. The van der Waals surface area contributed by atoms with E-state index in [2.05, 4.69) is 4.72 Å². The molecule has 0 saturated heterocycles. The summed E-state index contributed by atoms with van der Waals surface area (Å²) in [5, 5.41) is 9.26. The zero-order valence-electron chi connectivity index (χ0n) is 10.8.